The molecule has 0 bridgehead atoms. The Balaban J connectivity index is 2.25. The van der Waals surface area contributed by atoms with Crippen molar-refractivity contribution < 1.29 is 0 Å². The molecule has 96 valence electrons. The molecule has 1 heterocycles. The van der Waals surface area contributed by atoms with Crippen molar-refractivity contribution in [2.45, 2.75) is 29.0 Å². The fraction of sp³-hybridized carbons (Fsp3) is 0.333. The van der Waals surface area contributed by atoms with Crippen LogP contribution >= 0.6 is 34.9 Å². The molecule has 2 N–H and O–H groups in total. The molecular formula is C12H14ClN3S2. The summed E-state index contributed by atoms with van der Waals surface area (Å²) in [6.07, 6.45) is 1.64. The molecule has 6 heteroatoms. The molecule has 0 radical (unpaired) electrons. The van der Waals surface area contributed by atoms with E-state index in [-0.39, 0.29) is 0 Å². The van der Waals surface area contributed by atoms with E-state index in [9.17, 15) is 0 Å². The maximum absolute atomic E-state index is 6.21. The first-order chi connectivity index (χ1) is 8.74. The summed E-state index contributed by atoms with van der Waals surface area (Å²) >= 11 is 9.24. The maximum atomic E-state index is 6.21. The van der Waals surface area contributed by atoms with Crippen LogP contribution in [-0.2, 0) is 12.8 Å². The monoisotopic (exact) mass is 299 g/mol. The molecule has 0 aliphatic heterocycles. The van der Waals surface area contributed by atoms with E-state index in [1.807, 2.05) is 12.1 Å². The molecule has 18 heavy (non-hydrogen) atoms. The van der Waals surface area contributed by atoms with Crippen molar-refractivity contribution in [2.75, 3.05) is 6.54 Å². The quantitative estimate of drug-likeness (QED) is 0.919. The number of benzene rings is 1. The van der Waals surface area contributed by atoms with Crippen LogP contribution in [0.4, 0.5) is 0 Å². The van der Waals surface area contributed by atoms with E-state index in [1.54, 1.807) is 11.8 Å². The van der Waals surface area contributed by atoms with Crippen LogP contribution in [0, 0.1) is 0 Å². The highest BCUT2D eigenvalue weighted by atomic mass is 35.5. The molecule has 2 rings (SSSR count). The van der Waals surface area contributed by atoms with Crippen LogP contribution in [0.5, 0.6) is 0 Å². The third kappa shape index (κ3) is 3.23. The van der Waals surface area contributed by atoms with Crippen molar-refractivity contribution in [3.05, 3.63) is 34.6 Å². The van der Waals surface area contributed by atoms with Gasteiger partial charge in [-0.1, -0.05) is 36.4 Å². The van der Waals surface area contributed by atoms with Gasteiger partial charge < -0.3 is 5.73 Å². The molecular weight excluding hydrogens is 286 g/mol. The zero-order valence-electron chi connectivity index (χ0n) is 10.0. The number of hydrogen-bond acceptors (Lipinski definition) is 5. The smallest absolute Gasteiger partial charge is 0.174 e. The molecule has 0 fully saturated rings. The van der Waals surface area contributed by atoms with Crippen molar-refractivity contribution in [3.63, 3.8) is 0 Å². The Labute approximate surface area is 120 Å². The van der Waals surface area contributed by atoms with Gasteiger partial charge in [0.2, 0.25) is 0 Å². The largest absolute Gasteiger partial charge is 0.330 e. The number of aryl methyl sites for hydroxylation is 1. The van der Waals surface area contributed by atoms with Gasteiger partial charge in [0.15, 0.2) is 4.34 Å². The molecule has 2 aromatic rings. The van der Waals surface area contributed by atoms with E-state index in [0.717, 1.165) is 38.5 Å². The van der Waals surface area contributed by atoms with E-state index >= 15 is 0 Å². The van der Waals surface area contributed by atoms with E-state index in [4.69, 9.17) is 17.3 Å². The zero-order valence-corrected chi connectivity index (χ0v) is 12.4. The number of halogens is 1. The van der Waals surface area contributed by atoms with Gasteiger partial charge in [0.1, 0.15) is 5.82 Å². The van der Waals surface area contributed by atoms with Crippen LogP contribution < -0.4 is 5.73 Å². The molecule has 0 spiro atoms. The second-order valence-corrected chi connectivity index (χ2v) is 6.14. The summed E-state index contributed by atoms with van der Waals surface area (Å²) in [6.45, 7) is 2.64. The lowest BCUT2D eigenvalue weighted by Crippen LogP contribution is -2.04. The van der Waals surface area contributed by atoms with Gasteiger partial charge in [-0.05, 0) is 42.2 Å². The first kappa shape index (κ1) is 13.8. The molecule has 0 amide bonds. The summed E-state index contributed by atoms with van der Waals surface area (Å²) in [5, 5.41) is 0.769. The number of rotatable bonds is 5. The molecule has 0 aliphatic carbocycles. The Morgan fingerprint density at radius 3 is 2.94 bits per heavy atom. The fourth-order valence-corrected chi connectivity index (χ4v) is 3.71. The number of nitrogens with zero attached hydrogens (tertiary/aromatic N) is 2. The normalized spacial score (nSPS) is 10.8. The van der Waals surface area contributed by atoms with Gasteiger partial charge in [0.25, 0.3) is 0 Å². The Hall–Kier alpha value is -0.620. The Bertz CT molecular complexity index is 528. The highest BCUT2D eigenvalue weighted by Gasteiger charge is 2.10. The first-order valence-corrected chi connectivity index (χ1v) is 7.69. The van der Waals surface area contributed by atoms with Gasteiger partial charge in [-0.15, -0.1) is 0 Å². The second kappa shape index (κ2) is 6.52. The fourth-order valence-electron chi connectivity index (χ4n) is 1.54. The molecule has 0 atom stereocenters. The van der Waals surface area contributed by atoms with E-state index < -0.39 is 0 Å². The van der Waals surface area contributed by atoms with Gasteiger partial charge in [-0.2, -0.15) is 4.37 Å². The number of hydrogen-bond donors (Lipinski definition) is 1. The number of nitrogens with two attached hydrogens (primary N) is 1. The lowest BCUT2D eigenvalue weighted by atomic mass is 10.1. The zero-order chi connectivity index (χ0) is 13.0. The summed E-state index contributed by atoms with van der Waals surface area (Å²) in [5.41, 5.74) is 6.72. The Morgan fingerprint density at radius 1 is 1.44 bits per heavy atom. The van der Waals surface area contributed by atoms with Gasteiger partial charge in [-0.25, -0.2) is 4.98 Å². The van der Waals surface area contributed by atoms with E-state index in [2.05, 4.69) is 22.3 Å². The average Bonchev–Trinajstić information content (AvgIpc) is 2.81. The van der Waals surface area contributed by atoms with Crippen LogP contribution in [0.2, 0.25) is 5.02 Å². The van der Waals surface area contributed by atoms with Gasteiger partial charge >= 0.3 is 0 Å². The van der Waals surface area contributed by atoms with Crippen LogP contribution in [0.1, 0.15) is 18.3 Å². The lowest BCUT2D eigenvalue weighted by Gasteiger charge is -2.08. The van der Waals surface area contributed by atoms with Crippen LogP contribution in [0.15, 0.2) is 27.4 Å². The highest BCUT2D eigenvalue weighted by molar-refractivity contribution is 8.01. The second-order valence-electron chi connectivity index (χ2n) is 3.69. The Morgan fingerprint density at radius 2 is 2.28 bits per heavy atom. The average molecular weight is 300 g/mol. The molecule has 0 unspecified atom stereocenters. The highest BCUT2D eigenvalue weighted by Crippen LogP contribution is 2.34. The van der Waals surface area contributed by atoms with Gasteiger partial charge in [0.05, 0.1) is 0 Å². The van der Waals surface area contributed by atoms with Crippen molar-refractivity contribution in [1.29, 1.82) is 0 Å². The summed E-state index contributed by atoms with van der Waals surface area (Å²) < 4.78 is 5.23. The molecule has 0 saturated carbocycles. The third-order valence-corrected chi connectivity index (χ3v) is 4.68. The van der Waals surface area contributed by atoms with Crippen LogP contribution in [-0.4, -0.2) is 15.9 Å². The van der Waals surface area contributed by atoms with E-state index in [1.165, 1.54) is 11.5 Å². The topological polar surface area (TPSA) is 51.8 Å². The van der Waals surface area contributed by atoms with Crippen LogP contribution in [0.25, 0.3) is 0 Å². The van der Waals surface area contributed by atoms with Crippen molar-refractivity contribution in [1.82, 2.24) is 9.36 Å². The minimum atomic E-state index is 0.591. The van der Waals surface area contributed by atoms with E-state index in [0.29, 0.717) is 6.54 Å². The SMILES string of the molecule is CCc1nsc(Sc2cccc(Cl)c2CCN)n1. The van der Waals surface area contributed by atoms with Gasteiger partial charge in [-0.3, -0.25) is 0 Å². The van der Waals surface area contributed by atoms with Crippen molar-refractivity contribution >= 4 is 34.9 Å². The summed E-state index contributed by atoms with van der Waals surface area (Å²) in [7, 11) is 0. The lowest BCUT2D eigenvalue weighted by molar-refractivity contribution is 0.942. The summed E-state index contributed by atoms with van der Waals surface area (Å²) in [5.74, 6) is 0.893. The standard InChI is InChI=1S/C12H14ClN3S2/c1-2-11-15-12(18-16-11)17-10-5-3-4-9(13)8(10)6-7-14/h3-5H,2,6-7,14H2,1H3. The van der Waals surface area contributed by atoms with Crippen molar-refractivity contribution in [3.8, 4) is 0 Å². The van der Waals surface area contributed by atoms with Crippen molar-refractivity contribution in [2.24, 2.45) is 5.73 Å². The first-order valence-electron chi connectivity index (χ1n) is 5.72. The third-order valence-electron chi connectivity index (χ3n) is 2.43. The summed E-state index contributed by atoms with van der Waals surface area (Å²) in [6, 6.07) is 5.90. The molecule has 3 nitrogen and oxygen atoms in total. The Kier molecular flexibility index (Phi) is 5.00. The number of aromatic nitrogens is 2. The molecule has 1 aromatic carbocycles. The maximum Gasteiger partial charge on any atom is 0.174 e. The summed E-state index contributed by atoms with van der Waals surface area (Å²) in [4.78, 5) is 5.57. The minimum Gasteiger partial charge on any atom is -0.330 e. The van der Waals surface area contributed by atoms with Gasteiger partial charge in [0, 0.05) is 16.3 Å². The molecule has 1 aromatic heterocycles. The van der Waals surface area contributed by atoms with Crippen LogP contribution in [0.3, 0.4) is 0 Å². The minimum absolute atomic E-state index is 0.591. The predicted molar refractivity (Wildman–Crippen MR) is 77.6 cm³/mol. The molecule has 0 aliphatic rings. The molecule has 0 saturated heterocycles. The predicted octanol–water partition coefficient (Wildman–Crippen LogP) is 3.41.